The first-order valence-corrected chi connectivity index (χ1v) is 5.09. The number of nitrogens with zero attached hydrogens (tertiary/aromatic N) is 3. The van der Waals surface area contributed by atoms with Gasteiger partial charge >= 0.3 is 0 Å². The van der Waals surface area contributed by atoms with Crippen LogP contribution in [0, 0.1) is 0 Å². The molecule has 1 aromatic heterocycles. The van der Waals surface area contributed by atoms with Crippen molar-refractivity contribution in [2.45, 2.75) is 0 Å². The van der Waals surface area contributed by atoms with Crippen molar-refractivity contribution in [2.75, 3.05) is 5.32 Å². The van der Waals surface area contributed by atoms with Crippen molar-refractivity contribution in [3.8, 4) is 5.75 Å². The molecule has 6 nitrogen and oxygen atoms in total. The summed E-state index contributed by atoms with van der Waals surface area (Å²) in [6, 6.07) is 4.14. The van der Waals surface area contributed by atoms with Gasteiger partial charge in [0.1, 0.15) is 12.1 Å². The number of aromatic nitrogens is 3. The fraction of sp³-hybridized carbons (Fsp3) is 0.100. The van der Waals surface area contributed by atoms with Crippen molar-refractivity contribution in [1.29, 1.82) is 0 Å². The van der Waals surface area contributed by atoms with Crippen LogP contribution in [0.25, 0.3) is 0 Å². The summed E-state index contributed by atoms with van der Waals surface area (Å²) in [6.45, 7) is 0. The molecule has 1 aromatic carbocycles. The summed E-state index contributed by atoms with van der Waals surface area (Å²) < 4.78 is 1.41. The second-order valence-corrected chi connectivity index (χ2v) is 3.73. The molecular formula is C10H9ClN4O2. The topological polar surface area (TPSA) is 80.0 Å². The normalized spacial score (nSPS) is 10.2. The average molecular weight is 253 g/mol. The van der Waals surface area contributed by atoms with Gasteiger partial charge in [-0.1, -0.05) is 11.6 Å². The highest BCUT2D eigenvalue weighted by Crippen LogP contribution is 2.21. The monoisotopic (exact) mass is 252 g/mol. The second-order valence-electron chi connectivity index (χ2n) is 3.33. The van der Waals surface area contributed by atoms with Gasteiger partial charge in [0.2, 0.25) is 5.95 Å². The Labute approximate surface area is 102 Å². The van der Waals surface area contributed by atoms with E-state index in [-0.39, 0.29) is 16.3 Å². The van der Waals surface area contributed by atoms with Gasteiger partial charge in [0.05, 0.1) is 10.6 Å². The van der Waals surface area contributed by atoms with Crippen molar-refractivity contribution >= 4 is 23.5 Å². The minimum Gasteiger partial charge on any atom is -0.508 e. The number of aromatic hydroxyl groups is 1. The van der Waals surface area contributed by atoms with Gasteiger partial charge in [0.15, 0.2) is 0 Å². The molecule has 0 aliphatic heterocycles. The summed E-state index contributed by atoms with van der Waals surface area (Å²) in [5.41, 5.74) is 0.176. The van der Waals surface area contributed by atoms with Gasteiger partial charge < -0.3 is 5.11 Å². The zero-order chi connectivity index (χ0) is 12.4. The smallest absolute Gasteiger partial charge is 0.259 e. The van der Waals surface area contributed by atoms with E-state index in [4.69, 9.17) is 11.6 Å². The van der Waals surface area contributed by atoms with E-state index >= 15 is 0 Å². The molecule has 0 aliphatic rings. The number of carbonyl (C=O) groups is 1. The molecular weight excluding hydrogens is 244 g/mol. The number of hydrogen-bond acceptors (Lipinski definition) is 4. The Morgan fingerprint density at radius 2 is 2.29 bits per heavy atom. The van der Waals surface area contributed by atoms with Gasteiger partial charge in [-0.25, -0.2) is 4.68 Å². The zero-order valence-electron chi connectivity index (χ0n) is 8.88. The standard InChI is InChI=1S/C10H9ClN4O2/c1-15-10(12-5-13-15)14-9(17)7-4-6(16)2-3-8(7)11/h2-5,16H,1H3,(H,12,13,14,17). The van der Waals surface area contributed by atoms with E-state index in [0.29, 0.717) is 5.95 Å². The lowest BCUT2D eigenvalue weighted by Crippen LogP contribution is -2.15. The Kier molecular flexibility index (Phi) is 2.97. The number of carbonyl (C=O) groups excluding carboxylic acids is 1. The van der Waals surface area contributed by atoms with Crippen molar-refractivity contribution in [3.63, 3.8) is 0 Å². The Hall–Kier alpha value is -2.08. The molecule has 2 N–H and O–H groups in total. The SMILES string of the molecule is Cn1ncnc1NC(=O)c1cc(O)ccc1Cl. The summed E-state index contributed by atoms with van der Waals surface area (Å²) >= 11 is 5.86. The number of rotatable bonds is 2. The third-order valence-corrected chi connectivity index (χ3v) is 2.46. The first-order valence-electron chi connectivity index (χ1n) is 4.72. The number of aryl methyl sites for hydroxylation is 1. The molecule has 2 rings (SSSR count). The predicted molar refractivity (Wildman–Crippen MR) is 62.1 cm³/mol. The molecule has 17 heavy (non-hydrogen) atoms. The minimum atomic E-state index is -0.456. The Bertz CT molecular complexity index is 567. The lowest BCUT2D eigenvalue weighted by atomic mass is 10.2. The van der Waals surface area contributed by atoms with Crippen LogP contribution in [0.3, 0.4) is 0 Å². The zero-order valence-corrected chi connectivity index (χ0v) is 9.64. The summed E-state index contributed by atoms with van der Waals surface area (Å²) in [7, 11) is 1.65. The van der Waals surface area contributed by atoms with Gasteiger partial charge in [-0.05, 0) is 18.2 Å². The molecule has 0 fully saturated rings. The number of anilines is 1. The number of phenolic OH excluding ortho intramolecular Hbond substituents is 1. The maximum Gasteiger partial charge on any atom is 0.259 e. The van der Waals surface area contributed by atoms with Crippen LogP contribution in [0.5, 0.6) is 5.75 Å². The summed E-state index contributed by atoms with van der Waals surface area (Å²) in [6.07, 6.45) is 1.32. The lowest BCUT2D eigenvalue weighted by molar-refractivity contribution is 0.102. The number of amides is 1. The molecule has 0 saturated heterocycles. The maximum atomic E-state index is 11.8. The second kappa shape index (κ2) is 4.42. The molecule has 0 spiro atoms. The summed E-state index contributed by atoms with van der Waals surface area (Å²) in [4.78, 5) is 15.7. The molecule has 2 aromatic rings. The van der Waals surface area contributed by atoms with E-state index in [9.17, 15) is 9.90 Å². The van der Waals surface area contributed by atoms with Crippen molar-refractivity contribution in [3.05, 3.63) is 35.1 Å². The van der Waals surface area contributed by atoms with E-state index in [2.05, 4.69) is 15.4 Å². The third-order valence-electron chi connectivity index (χ3n) is 2.13. The fourth-order valence-electron chi connectivity index (χ4n) is 1.27. The van der Waals surface area contributed by atoms with E-state index in [1.54, 1.807) is 7.05 Å². The van der Waals surface area contributed by atoms with E-state index < -0.39 is 5.91 Å². The van der Waals surface area contributed by atoms with Gasteiger partial charge in [0, 0.05) is 7.05 Å². The molecule has 1 heterocycles. The first-order chi connectivity index (χ1) is 8.08. The van der Waals surface area contributed by atoms with Crippen LogP contribution in [0.15, 0.2) is 24.5 Å². The highest BCUT2D eigenvalue weighted by atomic mass is 35.5. The van der Waals surface area contributed by atoms with Crippen LogP contribution in [-0.2, 0) is 7.05 Å². The quantitative estimate of drug-likeness (QED) is 0.847. The highest BCUT2D eigenvalue weighted by molar-refractivity contribution is 6.34. The van der Waals surface area contributed by atoms with Crippen LogP contribution in [0.4, 0.5) is 5.95 Å². The van der Waals surface area contributed by atoms with E-state index in [0.717, 1.165) is 0 Å². The lowest BCUT2D eigenvalue weighted by Gasteiger charge is -2.05. The molecule has 88 valence electrons. The van der Waals surface area contributed by atoms with E-state index in [1.807, 2.05) is 0 Å². The number of halogens is 1. The number of hydrogen-bond donors (Lipinski definition) is 2. The molecule has 7 heteroatoms. The van der Waals surface area contributed by atoms with Crippen molar-refractivity contribution in [2.24, 2.45) is 7.05 Å². The number of phenols is 1. The van der Waals surface area contributed by atoms with E-state index in [1.165, 1.54) is 29.2 Å². The van der Waals surface area contributed by atoms with Crippen LogP contribution >= 0.6 is 11.6 Å². The predicted octanol–water partition coefficient (Wildman–Crippen LogP) is 1.43. The minimum absolute atomic E-state index is 0.0301. The highest BCUT2D eigenvalue weighted by Gasteiger charge is 2.13. The molecule has 0 saturated carbocycles. The molecule has 0 bridgehead atoms. The Balaban J connectivity index is 2.26. The third kappa shape index (κ3) is 2.36. The van der Waals surface area contributed by atoms with Gasteiger partial charge in [-0.2, -0.15) is 10.1 Å². The molecule has 0 unspecified atom stereocenters. The Morgan fingerprint density at radius 1 is 1.53 bits per heavy atom. The van der Waals surface area contributed by atoms with Gasteiger partial charge in [-0.15, -0.1) is 0 Å². The number of benzene rings is 1. The van der Waals surface area contributed by atoms with Crippen molar-refractivity contribution < 1.29 is 9.90 Å². The molecule has 1 amide bonds. The summed E-state index contributed by atoms with van der Waals surface area (Å²) in [5, 5.41) is 15.9. The average Bonchev–Trinajstić information content (AvgIpc) is 2.68. The molecule has 0 aliphatic carbocycles. The fourth-order valence-corrected chi connectivity index (χ4v) is 1.47. The van der Waals surface area contributed by atoms with Gasteiger partial charge in [-0.3, -0.25) is 10.1 Å². The van der Waals surface area contributed by atoms with Crippen LogP contribution in [-0.4, -0.2) is 25.8 Å². The molecule has 0 atom stereocenters. The van der Waals surface area contributed by atoms with Crippen LogP contribution in [0.1, 0.15) is 10.4 Å². The summed E-state index contributed by atoms with van der Waals surface area (Å²) in [5.74, 6) is -0.186. The first kappa shape index (κ1) is 11.4. The maximum absolute atomic E-state index is 11.8. The molecule has 0 radical (unpaired) electrons. The number of nitrogens with one attached hydrogen (secondary N) is 1. The van der Waals surface area contributed by atoms with Crippen molar-refractivity contribution in [1.82, 2.24) is 14.8 Å². The van der Waals surface area contributed by atoms with Crippen LogP contribution < -0.4 is 5.32 Å². The van der Waals surface area contributed by atoms with Gasteiger partial charge in [0.25, 0.3) is 5.91 Å². The van der Waals surface area contributed by atoms with Crippen LogP contribution in [0.2, 0.25) is 5.02 Å². The Morgan fingerprint density at radius 3 is 2.94 bits per heavy atom. The largest absolute Gasteiger partial charge is 0.508 e.